The highest BCUT2D eigenvalue weighted by atomic mass is 16.6. The van der Waals surface area contributed by atoms with E-state index < -0.39 is 33.6 Å². The van der Waals surface area contributed by atoms with Crippen LogP contribution in [0.15, 0.2) is 44.1 Å². The Kier molecular flexibility index (Phi) is 3.88. The van der Waals surface area contributed by atoms with Crippen molar-refractivity contribution in [2.75, 3.05) is 0 Å². The first-order valence-electron chi connectivity index (χ1n) is 5.64. The van der Waals surface area contributed by atoms with E-state index in [1.807, 2.05) is 4.98 Å². The number of hydrogen-bond donors (Lipinski definition) is 3. The second kappa shape index (κ2) is 5.78. The smallest absolute Gasteiger partial charge is 0.328 e. The van der Waals surface area contributed by atoms with Crippen molar-refractivity contribution in [1.82, 2.24) is 9.97 Å². The molecular formula is C11H7N5O6. The van der Waals surface area contributed by atoms with Crippen molar-refractivity contribution < 1.29 is 14.8 Å². The molecule has 0 unspecified atom stereocenters. The van der Waals surface area contributed by atoms with E-state index >= 15 is 0 Å². The lowest BCUT2D eigenvalue weighted by Crippen LogP contribution is -2.21. The zero-order chi connectivity index (χ0) is 16.3. The van der Waals surface area contributed by atoms with Crippen LogP contribution in [0.3, 0.4) is 0 Å². The van der Waals surface area contributed by atoms with E-state index in [4.69, 9.17) is 0 Å². The highest BCUT2D eigenvalue weighted by Crippen LogP contribution is 2.17. The van der Waals surface area contributed by atoms with E-state index in [1.165, 1.54) is 0 Å². The fourth-order valence-corrected chi connectivity index (χ4v) is 1.44. The van der Waals surface area contributed by atoms with Crippen molar-refractivity contribution in [3.63, 3.8) is 0 Å². The fourth-order valence-electron chi connectivity index (χ4n) is 1.44. The number of nitrogens with one attached hydrogen (secondary N) is 2. The Balaban J connectivity index is 2.27. The molecule has 0 radical (unpaired) electrons. The summed E-state index contributed by atoms with van der Waals surface area (Å²) in [5.74, 6) is -1.73. The van der Waals surface area contributed by atoms with Gasteiger partial charge in [0, 0.05) is 17.7 Å². The molecule has 0 aliphatic heterocycles. The van der Waals surface area contributed by atoms with Crippen molar-refractivity contribution >= 4 is 17.3 Å². The SMILES string of the molecule is O=C(N=Nc1c(O)[nH]c(=O)[nH]c1=O)c1ccc([N+](=O)[O-])cc1. The molecule has 1 amide bonds. The summed E-state index contributed by atoms with van der Waals surface area (Å²) in [7, 11) is 0. The van der Waals surface area contributed by atoms with E-state index in [9.17, 15) is 29.6 Å². The monoisotopic (exact) mass is 305 g/mol. The largest absolute Gasteiger partial charge is 0.493 e. The number of non-ortho nitro benzene ring substituents is 1. The van der Waals surface area contributed by atoms with Crippen LogP contribution < -0.4 is 11.2 Å². The maximum absolute atomic E-state index is 11.7. The molecule has 22 heavy (non-hydrogen) atoms. The van der Waals surface area contributed by atoms with Gasteiger partial charge in [-0.05, 0) is 12.1 Å². The molecule has 112 valence electrons. The summed E-state index contributed by atoms with van der Waals surface area (Å²) in [6.07, 6.45) is 0. The third-order valence-corrected chi connectivity index (χ3v) is 2.46. The maximum atomic E-state index is 11.7. The molecule has 2 aromatic rings. The minimum atomic E-state index is -1.03. The molecule has 0 fully saturated rings. The Morgan fingerprint density at radius 3 is 2.36 bits per heavy atom. The van der Waals surface area contributed by atoms with Gasteiger partial charge in [-0.3, -0.25) is 29.7 Å². The Hall–Kier alpha value is -3.63. The third kappa shape index (κ3) is 3.09. The normalized spacial score (nSPS) is 10.7. The first kappa shape index (κ1) is 14.8. The lowest BCUT2D eigenvalue weighted by molar-refractivity contribution is -0.384. The summed E-state index contributed by atoms with van der Waals surface area (Å²) in [5, 5.41) is 26.3. The van der Waals surface area contributed by atoms with Gasteiger partial charge in [-0.1, -0.05) is 0 Å². The highest BCUT2D eigenvalue weighted by Gasteiger charge is 2.11. The third-order valence-electron chi connectivity index (χ3n) is 2.46. The predicted molar refractivity (Wildman–Crippen MR) is 71.3 cm³/mol. The van der Waals surface area contributed by atoms with Gasteiger partial charge in [0.25, 0.3) is 17.2 Å². The fraction of sp³-hybridized carbons (Fsp3) is 0. The van der Waals surface area contributed by atoms with E-state index in [1.54, 1.807) is 4.98 Å². The Labute approximate surface area is 120 Å². The molecule has 1 aromatic heterocycles. The number of nitro groups is 1. The van der Waals surface area contributed by atoms with Crippen molar-refractivity contribution in [2.24, 2.45) is 10.2 Å². The number of rotatable bonds is 3. The summed E-state index contributed by atoms with van der Waals surface area (Å²) >= 11 is 0. The number of benzene rings is 1. The molecule has 0 aliphatic carbocycles. The number of H-pyrrole nitrogens is 2. The molecule has 0 aliphatic rings. The molecular weight excluding hydrogens is 298 g/mol. The number of hydrogen-bond acceptors (Lipinski definition) is 7. The molecule has 0 saturated carbocycles. The summed E-state index contributed by atoms with van der Waals surface area (Å²) in [4.78, 5) is 47.4. The van der Waals surface area contributed by atoms with E-state index in [0.717, 1.165) is 24.3 Å². The topological polar surface area (TPSA) is 171 Å². The first-order chi connectivity index (χ1) is 10.4. The van der Waals surface area contributed by atoms with Crippen LogP contribution in [0.5, 0.6) is 5.88 Å². The number of aromatic hydroxyl groups is 1. The van der Waals surface area contributed by atoms with Crippen LogP contribution in [0, 0.1) is 10.1 Å². The standard InChI is InChI=1S/C11H7N5O6/c17-8(5-1-3-6(4-2-5)16(21)22)15-14-7-9(18)12-11(20)13-10(7)19/h1-4H,(H3,12,13,18,19,20). The molecule has 11 heteroatoms. The quantitative estimate of drug-likeness (QED) is 0.425. The number of nitro benzene ring substituents is 1. The van der Waals surface area contributed by atoms with Crippen LogP contribution in [0.1, 0.15) is 10.4 Å². The average molecular weight is 305 g/mol. The summed E-state index contributed by atoms with van der Waals surface area (Å²) in [5.41, 5.74) is -2.82. The molecule has 0 atom stereocenters. The second-order valence-corrected chi connectivity index (χ2v) is 3.91. The van der Waals surface area contributed by atoms with Gasteiger partial charge in [0.1, 0.15) is 0 Å². The second-order valence-electron chi connectivity index (χ2n) is 3.91. The van der Waals surface area contributed by atoms with E-state index in [-0.39, 0.29) is 11.3 Å². The number of azo groups is 1. The van der Waals surface area contributed by atoms with Crippen LogP contribution >= 0.6 is 0 Å². The minimum absolute atomic E-state index is 0.00491. The zero-order valence-corrected chi connectivity index (χ0v) is 10.6. The van der Waals surface area contributed by atoms with Crippen molar-refractivity contribution in [1.29, 1.82) is 0 Å². The predicted octanol–water partition coefficient (Wildman–Crippen LogP) is 0.601. The molecule has 2 rings (SSSR count). The average Bonchev–Trinajstić information content (AvgIpc) is 2.46. The zero-order valence-electron chi connectivity index (χ0n) is 10.6. The van der Waals surface area contributed by atoms with Gasteiger partial charge in [-0.15, -0.1) is 10.2 Å². The van der Waals surface area contributed by atoms with Crippen LogP contribution in [0.4, 0.5) is 11.4 Å². The van der Waals surface area contributed by atoms with Crippen LogP contribution in [0.2, 0.25) is 0 Å². The van der Waals surface area contributed by atoms with Gasteiger partial charge in [0.2, 0.25) is 11.6 Å². The summed E-state index contributed by atoms with van der Waals surface area (Å²) in [6.45, 7) is 0. The molecule has 3 N–H and O–H groups in total. The van der Waals surface area contributed by atoms with Gasteiger partial charge in [-0.25, -0.2) is 4.79 Å². The molecule has 0 bridgehead atoms. The van der Waals surface area contributed by atoms with Crippen molar-refractivity contribution in [2.45, 2.75) is 0 Å². The minimum Gasteiger partial charge on any atom is -0.493 e. The lowest BCUT2D eigenvalue weighted by Gasteiger charge is -1.96. The molecule has 1 aromatic carbocycles. The van der Waals surface area contributed by atoms with E-state index in [0.29, 0.717) is 0 Å². The van der Waals surface area contributed by atoms with Crippen molar-refractivity contribution in [3.05, 3.63) is 60.8 Å². The van der Waals surface area contributed by atoms with Gasteiger partial charge in [0.05, 0.1) is 4.92 Å². The Bertz CT molecular complexity index is 879. The number of aromatic amines is 2. The molecule has 11 nitrogen and oxygen atoms in total. The highest BCUT2D eigenvalue weighted by molar-refractivity contribution is 5.94. The molecule has 0 saturated heterocycles. The van der Waals surface area contributed by atoms with Crippen molar-refractivity contribution in [3.8, 4) is 5.88 Å². The number of carbonyl (C=O) groups is 1. The molecule has 0 spiro atoms. The van der Waals surface area contributed by atoms with E-state index in [2.05, 4.69) is 10.2 Å². The number of carbonyl (C=O) groups excluding carboxylic acids is 1. The van der Waals surface area contributed by atoms with Gasteiger partial charge in [-0.2, -0.15) is 0 Å². The van der Waals surface area contributed by atoms with Crippen LogP contribution in [-0.2, 0) is 0 Å². The number of amides is 1. The number of nitrogens with zero attached hydrogens (tertiary/aromatic N) is 3. The van der Waals surface area contributed by atoms with Crippen LogP contribution in [0.25, 0.3) is 0 Å². The summed E-state index contributed by atoms with van der Waals surface area (Å²) in [6, 6.07) is 4.53. The van der Waals surface area contributed by atoms with Crippen LogP contribution in [-0.4, -0.2) is 25.9 Å². The van der Waals surface area contributed by atoms with Gasteiger partial charge in [0.15, 0.2) is 0 Å². The van der Waals surface area contributed by atoms with Gasteiger partial charge >= 0.3 is 5.69 Å². The lowest BCUT2D eigenvalue weighted by atomic mass is 10.2. The Morgan fingerprint density at radius 2 is 1.82 bits per heavy atom. The Morgan fingerprint density at radius 1 is 1.18 bits per heavy atom. The molecule has 1 heterocycles. The first-order valence-corrected chi connectivity index (χ1v) is 5.64. The number of aromatic nitrogens is 2. The van der Waals surface area contributed by atoms with Gasteiger partial charge < -0.3 is 5.11 Å². The summed E-state index contributed by atoms with van der Waals surface area (Å²) < 4.78 is 0. The maximum Gasteiger partial charge on any atom is 0.328 e.